The molecule has 0 aliphatic rings. The third-order valence-corrected chi connectivity index (χ3v) is 1.60. The summed E-state index contributed by atoms with van der Waals surface area (Å²) in [5.41, 5.74) is 2.39. The quantitative estimate of drug-likeness (QED) is 0.715. The largest absolute Gasteiger partial charge is 0.365 e. The summed E-state index contributed by atoms with van der Waals surface area (Å²) in [4.78, 5) is 4.41. The minimum Gasteiger partial charge on any atom is -0.365 e. The van der Waals surface area contributed by atoms with Gasteiger partial charge in [-0.15, -0.1) is 0 Å². The molecule has 0 radical (unpaired) electrons. The summed E-state index contributed by atoms with van der Waals surface area (Å²) in [7, 11) is 0. The zero-order valence-corrected chi connectivity index (χ0v) is 9.10. The number of hydrogen-bond donors (Lipinski definition) is 1. The summed E-state index contributed by atoms with van der Waals surface area (Å²) in [5.74, 6) is 0.963. The Kier molecular flexibility index (Phi) is 2.60. The second-order valence-electron chi connectivity index (χ2n) is 4.55. The van der Waals surface area contributed by atoms with Crippen molar-refractivity contribution in [1.29, 1.82) is 0 Å². The van der Waals surface area contributed by atoms with Crippen LogP contribution in [0.1, 0.15) is 32.0 Å². The maximum absolute atomic E-state index is 4.41. The van der Waals surface area contributed by atoms with Gasteiger partial charge < -0.3 is 5.32 Å². The summed E-state index contributed by atoms with van der Waals surface area (Å²) in [6, 6.07) is 4.14. The number of rotatable bonds is 1. The molecule has 0 spiro atoms. The molecule has 1 heterocycles. The molecule has 0 aromatic carbocycles. The minimum absolute atomic E-state index is 0.0766. The van der Waals surface area contributed by atoms with Crippen LogP contribution >= 0.6 is 0 Å². The maximum atomic E-state index is 4.41. The summed E-state index contributed by atoms with van der Waals surface area (Å²) in [6.07, 6.45) is 0. The highest BCUT2D eigenvalue weighted by atomic mass is 15.0. The van der Waals surface area contributed by atoms with E-state index in [0.29, 0.717) is 0 Å². The van der Waals surface area contributed by atoms with Gasteiger partial charge in [-0.2, -0.15) is 0 Å². The highest BCUT2D eigenvalue weighted by molar-refractivity contribution is 5.40. The Labute approximate surface area is 80.4 Å². The summed E-state index contributed by atoms with van der Waals surface area (Å²) in [6.45, 7) is 10.5. The summed E-state index contributed by atoms with van der Waals surface area (Å²) >= 11 is 0. The predicted octanol–water partition coefficient (Wildman–Crippen LogP) is 2.91. The van der Waals surface area contributed by atoms with E-state index < -0.39 is 0 Å². The van der Waals surface area contributed by atoms with E-state index in [4.69, 9.17) is 0 Å². The van der Waals surface area contributed by atoms with Crippen molar-refractivity contribution in [3.8, 4) is 0 Å². The van der Waals surface area contributed by atoms with E-state index in [2.05, 4.69) is 50.1 Å². The van der Waals surface area contributed by atoms with E-state index in [0.717, 1.165) is 11.5 Å². The molecule has 13 heavy (non-hydrogen) atoms. The lowest BCUT2D eigenvalue weighted by Gasteiger charge is -2.21. The van der Waals surface area contributed by atoms with Gasteiger partial charge >= 0.3 is 0 Å². The van der Waals surface area contributed by atoms with Gasteiger partial charge in [-0.3, -0.25) is 0 Å². The standard InChI is InChI=1S/C11H18N2/c1-8-6-9(2)12-10(7-8)13-11(3,4)5/h6-7H,1-5H3,(H,12,13). The molecule has 2 nitrogen and oxygen atoms in total. The van der Waals surface area contributed by atoms with Crippen molar-refractivity contribution in [3.63, 3.8) is 0 Å². The first-order valence-corrected chi connectivity index (χ1v) is 4.60. The van der Waals surface area contributed by atoms with Gasteiger partial charge in [-0.25, -0.2) is 4.98 Å². The van der Waals surface area contributed by atoms with E-state index in [9.17, 15) is 0 Å². The molecule has 1 rings (SSSR count). The zero-order chi connectivity index (χ0) is 10.1. The van der Waals surface area contributed by atoms with Crippen LogP contribution in [-0.2, 0) is 0 Å². The number of nitrogens with one attached hydrogen (secondary N) is 1. The Morgan fingerprint density at radius 1 is 1.15 bits per heavy atom. The van der Waals surface area contributed by atoms with Crippen LogP contribution in [0.15, 0.2) is 12.1 Å². The first-order chi connectivity index (χ1) is 5.87. The van der Waals surface area contributed by atoms with Crippen LogP contribution < -0.4 is 5.32 Å². The van der Waals surface area contributed by atoms with Gasteiger partial charge in [-0.05, 0) is 52.3 Å². The van der Waals surface area contributed by atoms with Crippen LogP contribution in [0.5, 0.6) is 0 Å². The number of aryl methyl sites for hydroxylation is 2. The van der Waals surface area contributed by atoms with Crippen LogP contribution in [-0.4, -0.2) is 10.5 Å². The Morgan fingerprint density at radius 3 is 2.23 bits per heavy atom. The molecule has 0 aliphatic heterocycles. The van der Waals surface area contributed by atoms with Crippen molar-refractivity contribution >= 4 is 5.82 Å². The topological polar surface area (TPSA) is 24.9 Å². The smallest absolute Gasteiger partial charge is 0.126 e. The minimum atomic E-state index is 0.0766. The molecule has 0 unspecified atom stereocenters. The van der Waals surface area contributed by atoms with Crippen LogP contribution in [0.3, 0.4) is 0 Å². The zero-order valence-electron chi connectivity index (χ0n) is 9.10. The number of anilines is 1. The Morgan fingerprint density at radius 2 is 1.77 bits per heavy atom. The highest BCUT2D eigenvalue weighted by Gasteiger charge is 2.09. The number of hydrogen-bond acceptors (Lipinski definition) is 2. The second-order valence-corrected chi connectivity index (χ2v) is 4.55. The lowest BCUT2D eigenvalue weighted by molar-refractivity contribution is 0.630. The lowest BCUT2D eigenvalue weighted by atomic mass is 10.1. The first kappa shape index (κ1) is 10.0. The molecule has 1 aromatic heterocycles. The fraction of sp³-hybridized carbons (Fsp3) is 0.545. The fourth-order valence-corrected chi connectivity index (χ4v) is 1.29. The Bertz CT molecular complexity index is 277. The van der Waals surface area contributed by atoms with E-state index >= 15 is 0 Å². The van der Waals surface area contributed by atoms with Gasteiger partial charge in [0.1, 0.15) is 5.82 Å². The second kappa shape index (κ2) is 3.36. The first-order valence-electron chi connectivity index (χ1n) is 4.60. The van der Waals surface area contributed by atoms with E-state index in [-0.39, 0.29) is 5.54 Å². The maximum Gasteiger partial charge on any atom is 0.126 e. The Hall–Kier alpha value is -1.05. The van der Waals surface area contributed by atoms with Crippen molar-refractivity contribution in [1.82, 2.24) is 4.98 Å². The van der Waals surface area contributed by atoms with Gasteiger partial charge in [-0.1, -0.05) is 0 Å². The number of pyridine rings is 1. The molecule has 0 saturated heterocycles. The van der Waals surface area contributed by atoms with Gasteiger partial charge in [0, 0.05) is 11.2 Å². The van der Waals surface area contributed by atoms with E-state index in [1.54, 1.807) is 0 Å². The molecule has 1 aromatic rings. The van der Waals surface area contributed by atoms with Gasteiger partial charge in [0.25, 0.3) is 0 Å². The molecule has 0 amide bonds. The number of aromatic nitrogens is 1. The van der Waals surface area contributed by atoms with Crippen LogP contribution in [0.25, 0.3) is 0 Å². The average molecular weight is 178 g/mol. The lowest BCUT2D eigenvalue weighted by Crippen LogP contribution is -2.26. The van der Waals surface area contributed by atoms with Crippen LogP contribution in [0, 0.1) is 13.8 Å². The molecule has 72 valence electrons. The van der Waals surface area contributed by atoms with Crippen molar-refractivity contribution in [2.75, 3.05) is 5.32 Å². The van der Waals surface area contributed by atoms with Gasteiger partial charge in [0.05, 0.1) is 0 Å². The van der Waals surface area contributed by atoms with Gasteiger partial charge in [0.15, 0.2) is 0 Å². The fourth-order valence-electron chi connectivity index (χ4n) is 1.29. The third-order valence-electron chi connectivity index (χ3n) is 1.60. The predicted molar refractivity (Wildman–Crippen MR) is 57.1 cm³/mol. The van der Waals surface area contributed by atoms with Crippen molar-refractivity contribution in [2.45, 2.75) is 40.2 Å². The van der Waals surface area contributed by atoms with Crippen LogP contribution in [0.4, 0.5) is 5.82 Å². The molecule has 2 heteroatoms. The van der Waals surface area contributed by atoms with Crippen molar-refractivity contribution < 1.29 is 0 Å². The van der Waals surface area contributed by atoms with E-state index in [1.807, 2.05) is 6.92 Å². The van der Waals surface area contributed by atoms with E-state index in [1.165, 1.54) is 5.56 Å². The average Bonchev–Trinajstić information content (AvgIpc) is 1.78. The van der Waals surface area contributed by atoms with Crippen molar-refractivity contribution in [3.05, 3.63) is 23.4 Å². The van der Waals surface area contributed by atoms with Crippen LogP contribution in [0.2, 0.25) is 0 Å². The highest BCUT2D eigenvalue weighted by Crippen LogP contribution is 2.14. The SMILES string of the molecule is Cc1cc(C)nc(NC(C)(C)C)c1. The summed E-state index contributed by atoms with van der Waals surface area (Å²) < 4.78 is 0. The molecular formula is C11H18N2. The molecule has 1 N–H and O–H groups in total. The van der Waals surface area contributed by atoms with Crippen molar-refractivity contribution in [2.24, 2.45) is 0 Å². The number of nitrogens with zero attached hydrogens (tertiary/aromatic N) is 1. The van der Waals surface area contributed by atoms with Gasteiger partial charge in [0.2, 0.25) is 0 Å². The molecule has 0 bridgehead atoms. The molecule has 0 aliphatic carbocycles. The molecular weight excluding hydrogens is 160 g/mol. The monoisotopic (exact) mass is 178 g/mol. The molecule has 0 atom stereocenters. The Balaban J connectivity index is 2.90. The molecule has 0 saturated carbocycles. The third kappa shape index (κ3) is 3.45. The normalized spacial score (nSPS) is 11.5. The summed E-state index contributed by atoms with van der Waals surface area (Å²) in [5, 5.41) is 3.35. The molecule has 0 fully saturated rings.